The zero-order valence-electron chi connectivity index (χ0n) is 17.0. The Morgan fingerprint density at radius 2 is 1.75 bits per heavy atom. The number of hydrogen-bond donors (Lipinski definition) is 1. The predicted octanol–water partition coefficient (Wildman–Crippen LogP) is 3.08. The number of rotatable bonds is 6. The van der Waals surface area contributed by atoms with Gasteiger partial charge < -0.3 is 15.0 Å². The monoisotopic (exact) mass is 413 g/mol. The highest BCUT2D eigenvalue weighted by atomic mass is 35.5. The molecule has 2 fully saturated rings. The first-order chi connectivity index (χ1) is 13.0. The maximum Gasteiger partial charge on any atom is 0.260 e. The minimum Gasteiger partial charge on any atom is -0.481 e. The third-order valence-corrected chi connectivity index (χ3v) is 6.05. The lowest BCUT2D eigenvalue weighted by Gasteiger charge is -2.49. The lowest BCUT2D eigenvalue weighted by Crippen LogP contribution is -2.62. The van der Waals surface area contributed by atoms with Crippen molar-refractivity contribution in [2.75, 3.05) is 39.8 Å². The minimum absolute atomic E-state index is 0. The topological polar surface area (TPSA) is 44.8 Å². The lowest BCUT2D eigenvalue weighted by atomic mass is 9.79. The van der Waals surface area contributed by atoms with E-state index in [0.29, 0.717) is 12.3 Å². The Labute approximate surface area is 174 Å². The molecule has 1 aromatic carbocycles. The average molecular weight is 414 g/mol. The van der Waals surface area contributed by atoms with Crippen LogP contribution in [-0.4, -0.2) is 67.1 Å². The molecule has 2 aliphatic rings. The zero-order chi connectivity index (χ0) is 19.3. The predicted molar refractivity (Wildman–Crippen MR) is 112 cm³/mol. The molecule has 0 spiro atoms. The summed E-state index contributed by atoms with van der Waals surface area (Å²) in [5.41, 5.74) is 0.0742. The van der Waals surface area contributed by atoms with Gasteiger partial charge in [-0.2, -0.15) is 0 Å². The van der Waals surface area contributed by atoms with E-state index >= 15 is 0 Å². The summed E-state index contributed by atoms with van der Waals surface area (Å²) in [6.45, 7) is 6.70. The van der Waals surface area contributed by atoms with E-state index in [1.165, 1.54) is 31.4 Å². The molecule has 1 saturated heterocycles. The number of amides is 1. The smallest absolute Gasteiger partial charge is 0.260 e. The molecular weight excluding hydrogens is 381 g/mol. The van der Waals surface area contributed by atoms with Crippen molar-refractivity contribution >= 4 is 18.3 Å². The van der Waals surface area contributed by atoms with Crippen LogP contribution in [0.3, 0.4) is 0 Å². The molecule has 1 aromatic rings. The van der Waals surface area contributed by atoms with Crippen LogP contribution < -0.4 is 10.1 Å². The van der Waals surface area contributed by atoms with Crippen LogP contribution in [0.2, 0.25) is 0 Å². The number of ether oxygens (including phenoxy) is 1. The van der Waals surface area contributed by atoms with Gasteiger partial charge in [0.1, 0.15) is 11.6 Å². The number of nitrogens with one attached hydrogen (secondary N) is 1. The Morgan fingerprint density at radius 3 is 2.36 bits per heavy atom. The highest BCUT2D eigenvalue weighted by molar-refractivity contribution is 5.85. The summed E-state index contributed by atoms with van der Waals surface area (Å²) < 4.78 is 18.7. The molecule has 1 aliphatic heterocycles. The van der Waals surface area contributed by atoms with Crippen molar-refractivity contribution in [3.05, 3.63) is 30.1 Å². The Bertz CT molecular complexity index is 615. The van der Waals surface area contributed by atoms with Gasteiger partial charge in [0.15, 0.2) is 6.10 Å². The number of carbonyl (C=O) groups excluding carboxylic acids is 1. The first-order valence-electron chi connectivity index (χ1n) is 10.1. The number of piperazine rings is 1. The molecule has 1 aliphatic carbocycles. The number of carbonyl (C=O) groups is 1. The molecule has 7 heteroatoms. The molecule has 28 heavy (non-hydrogen) atoms. The van der Waals surface area contributed by atoms with E-state index < -0.39 is 6.10 Å². The zero-order valence-corrected chi connectivity index (χ0v) is 17.8. The SMILES string of the molecule is CC(Oc1ccc(F)cc1)C(=O)NCC1(N2CCN(C)CC2)CCCCC1.Cl. The van der Waals surface area contributed by atoms with Crippen LogP contribution in [0, 0.1) is 5.82 Å². The van der Waals surface area contributed by atoms with Crippen molar-refractivity contribution < 1.29 is 13.9 Å². The lowest BCUT2D eigenvalue weighted by molar-refractivity contribution is -0.128. The number of benzene rings is 1. The van der Waals surface area contributed by atoms with Crippen molar-refractivity contribution in [3.63, 3.8) is 0 Å². The van der Waals surface area contributed by atoms with Crippen molar-refractivity contribution in [2.24, 2.45) is 0 Å². The molecule has 3 rings (SSSR count). The maximum absolute atomic E-state index is 13.0. The van der Waals surface area contributed by atoms with Crippen LogP contribution in [0.5, 0.6) is 5.75 Å². The van der Waals surface area contributed by atoms with Crippen LogP contribution in [0.25, 0.3) is 0 Å². The van der Waals surface area contributed by atoms with Crippen LogP contribution in [0.4, 0.5) is 4.39 Å². The fourth-order valence-corrected chi connectivity index (χ4v) is 4.26. The Kier molecular flexibility index (Phi) is 8.53. The summed E-state index contributed by atoms with van der Waals surface area (Å²) in [6, 6.07) is 5.77. The first kappa shape index (κ1) is 22.9. The Hall–Kier alpha value is -1.37. The number of hydrogen-bond acceptors (Lipinski definition) is 4. The normalized spacial score (nSPS) is 21.4. The standard InChI is InChI=1S/C21H32FN3O2.ClH/c1-17(27-19-8-6-18(22)7-9-19)20(26)23-16-21(10-4-3-5-11-21)25-14-12-24(2)13-15-25;/h6-9,17H,3-5,10-16H2,1-2H3,(H,23,26);1H. The molecule has 158 valence electrons. The van der Waals surface area contributed by atoms with Gasteiger partial charge in [0.05, 0.1) is 0 Å². The highest BCUT2D eigenvalue weighted by Crippen LogP contribution is 2.34. The van der Waals surface area contributed by atoms with Gasteiger partial charge >= 0.3 is 0 Å². The third-order valence-electron chi connectivity index (χ3n) is 6.05. The second-order valence-corrected chi connectivity index (χ2v) is 8.01. The van der Waals surface area contributed by atoms with Gasteiger partial charge in [-0.1, -0.05) is 19.3 Å². The van der Waals surface area contributed by atoms with Gasteiger partial charge in [0, 0.05) is 38.3 Å². The van der Waals surface area contributed by atoms with E-state index in [4.69, 9.17) is 4.74 Å². The van der Waals surface area contributed by atoms with E-state index in [9.17, 15) is 9.18 Å². The Morgan fingerprint density at radius 1 is 1.14 bits per heavy atom. The molecule has 1 saturated carbocycles. The van der Waals surface area contributed by atoms with Gasteiger partial charge in [-0.05, 0) is 51.1 Å². The summed E-state index contributed by atoms with van der Waals surface area (Å²) in [6.07, 6.45) is 5.42. The Balaban J connectivity index is 0.00000280. The van der Waals surface area contributed by atoms with Crippen LogP contribution >= 0.6 is 12.4 Å². The van der Waals surface area contributed by atoms with Crippen LogP contribution in [0.15, 0.2) is 24.3 Å². The summed E-state index contributed by atoms with van der Waals surface area (Å²) in [4.78, 5) is 17.6. The van der Waals surface area contributed by atoms with Gasteiger partial charge in [-0.3, -0.25) is 9.69 Å². The van der Waals surface area contributed by atoms with E-state index in [0.717, 1.165) is 39.0 Å². The van der Waals surface area contributed by atoms with Crippen molar-refractivity contribution in [1.82, 2.24) is 15.1 Å². The summed E-state index contributed by atoms with van der Waals surface area (Å²) in [7, 11) is 2.17. The largest absolute Gasteiger partial charge is 0.481 e. The molecule has 0 radical (unpaired) electrons. The van der Waals surface area contributed by atoms with Gasteiger partial charge in [-0.25, -0.2) is 4.39 Å². The molecular formula is C21H33ClFN3O2. The number of halogens is 2. The number of nitrogens with zero attached hydrogens (tertiary/aromatic N) is 2. The number of likely N-dealkylation sites (N-methyl/N-ethyl adjacent to an activating group) is 1. The van der Waals surface area contributed by atoms with Crippen LogP contribution in [-0.2, 0) is 4.79 Å². The van der Waals surface area contributed by atoms with Crippen molar-refractivity contribution in [1.29, 1.82) is 0 Å². The molecule has 0 aromatic heterocycles. The van der Waals surface area contributed by atoms with E-state index in [-0.39, 0.29) is 29.7 Å². The third kappa shape index (κ3) is 5.82. The van der Waals surface area contributed by atoms with Gasteiger partial charge in [-0.15, -0.1) is 12.4 Å². The van der Waals surface area contributed by atoms with E-state index in [1.807, 2.05) is 0 Å². The average Bonchev–Trinajstić information content (AvgIpc) is 2.69. The summed E-state index contributed by atoms with van der Waals surface area (Å²) in [5, 5.41) is 3.14. The maximum atomic E-state index is 13.0. The highest BCUT2D eigenvalue weighted by Gasteiger charge is 2.39. The molecule has 1 heterocycles. The molecule has 1 unspecified atom stereocenters. The summed E-state index contributed by atoms with van der Waals surface area (Å²) >= 11 is 0. The summed E-state index contributed by atoms with van der Waals surface area (Å²) in [5.74, 6) is 0.0785. The van der Waals surface area contributed by atoms with Crippen molar-refractivity contribution in [3.8, 4) is 5.75 Å². The fourth-order valence-electron chi connectivity index (χ4n) is 4.26. The second kappa shape index (κ2) is 10.4. The molecule has 5 nitrogen and oxygen atoms in total. The molecule has 1 atom stereocenters. The van der Waals surface area contributed by atoms with Crippen LogP contribution in [0.1, 0.15) is 39.0 Å². The second-order valence-electron chi connectivity index (χ2n) is 8.01. The molecule has 1 N–H and O–H groups in total. The quantitative estimate of drug-likeness (QED) is 0.778. The molecule has 1 amide bonds. The van der Waals surface area contributed by atoms with E-state index in [1.54, 1.807) is 19.1 Å². The first-order valence-corrected chi connectivity index (χ1v) is 10.1. The minimum atomic E-state index is -0.608. The van der Waals surface area contributed by atoms with Crippen molar-refractivity contribution in [2.45, 2.75) is 50.7 Å². The van der Waals surface area contributed by atoms with Gasteiger partial charge in [0.25, 0.3) is 5.91 Å². The van der Waals surface area contributed by atoms with Gasteiger partial charge in [0.2, 0.25) is 0 Å². The fraction of sp³-hybridized carbons (Fsp3) is 0.667. The van der Waals surface area contributed by atoms with E-state index in [2.05, 4.69) is 22.2 Å². The molecule has 0 bridgehead atoms.